The number of hydrogen-bond acceptors (Lipinski definition) is 8. The summed E-state index contributed by atoms with van der Waals surface area (Å²) in [7, 11) is 0. The van der Waals surface area contributed by atoms with Crippen LogP contribution < -0.4 is 16.2 Å². The standard InChI is InChI=1S/C19H21N9O/c1-11-8-16(28-19(25-11)23-10-24-28)21-7-6-20-15-5-4-14(9-22-15)17-26-13(3)12(2)18(29)27-17/h4-5,8-10,21H,6-7H2,1-3H3,(H,20,22)(H,26,27,29). The van der Waals surface area contributed by atoms with Gasteiger partial charge in [-0.05, 0) is 32.9 Å². The molecule has 0 aliphatic carbocycles. The molecule has 0 bridgehead atoms. The van der Waals surface area contributed by atoms with Crippen LogP contribution in [0.15, 0.2) is 35.5 Å². The number of H-pyrrole nitrogens is 1. The first-order chi connectivity index (χ1) is 14.0. The van der Waals surface area contributed by atoms with Gasteiger partial charge in [-0.1, -0.05) is 0 Å². The van der Waals surface area contributed by atoms with Crippen molar-refractivity contribution in [3.05, 3.63) is 58.0 Å². The Labute approximate surface area is 166 Å². The lowest BCUT2D eigenvalue weighted by atomic mass is 10.2. The SMILES string of the molecule is Cc1cc(NCCNc2ccc(-c3nc(C)c(C)c(=O)[nH]3)cn2)n2ncnc2n1. The molecule has 0 amide bonds. The highest BCUT2D eigenvalue weighted by atomic mass is 16.1. The molecular weight excluding hydrogens is 370 g/mol. The molecule has 4 heterocycles. The molecular formula is C19H21N9O. The van der Waals surface area contributed by atoms with E-state index in [2.05, 4.69) is 40.7 Å². The summed E-state index contributed by atoms with van der Waals surface area (Å²) in [5.74, 6) is 2.65. The zero-order valence-electron chi connectivity index (χ0n) is 16.4. The monoisotopic (exact) mass is 391 g/mol. The van der Waals surface area contributed by atoms with Gasteiger partial charge in [0.15, 0.2) is 0 Å². The quantitative estimate of drug-likeness (QED) is 0.424. The van der Waals surface area contributed by atoms with Crippen molar-refractivity contribution in [3.63, 3.8) is 0 Å². The number of nitrogens with one attached hydrogen (secondary N) is 3. The van der Waals surface area contributed by atoms with Gasteiger partial charge >= 0.3 is 0 Å². The summed E-state index contributed by atoms with van der Waals surface area (Å²) in [6.07, 6.45) is 3.17. The molecule has 0 saturated heterocycles. The van der Waals surface area contributed by atoms with Crippen LogP contribution in [0.5, 0.6) is 0 Å². The highest BCUT2D eigenvalue weighted by Gasteiger charge is 2.07. The van der Waals surface area contributed by atoms with Crippen LogP contribution in [0.3, 0.4) is 0 Å². The average molecular weight is 391 g/mol. The van der Waals surface area contributed by atoms with Crippen molar-refractivity contribution in [1.82, 2.24) is 34.5 Å². The Morgan fingerprint density at radius 1 is 1.07 bits per heavy atom. The highest BCUT2D eigenvalue weighted by Crippen LogP contribution is 2.15. The fourth-order valence-electron chi connectivity index (χ4n) is 2.86. The fraction of sp³-hybridized carbons (Fsp3) is 0.263. The normalized spacial score (nSPS) is 11.0. The van der Waals surface area contributed by atoms with E-state index in [0.717, 1.165) is 22.9 Å². The van der Waals surface area contributed by atoms with Crippen molar-refractivity contribution in [1.29, 1.82) is 0 Å². The molecule has 10 nitrogen and oxygen atoms in total. The molecule has 10 heteroatoms. The summed E-state index contributed by atoms with van der Waals surface area (Å²) in [4.78, 5) is 32.0. The number of anilines is 2. The van der Waals surface area contributed by atoms with Gasteiger partial charge in [0.25, 0.3) is 11.3 Å². The van der Waals surface area contributed by atoms with E-state index in [9.17, 15) is 4.79 Å². The van der Waals surface area contributed by atoms with Crippen molar-refractivity contribution < 1.29 is 0 Å². The molecule has 148 valence electrons. The first-order valence-corrected chi connectivity index (χ1v) is 9.20. The molecule has 0 atom stereocenters. The van der Waals surface area contributed by atoms with Crippen LogP contribution in [0.1, 0.15) is 17.0 Å². The number of rotatable bonds is 6. The fourth-order valence-corrected chi connectivity index (χ4v) is 2.86. The number of fused-ring (bicyclic) bond motifs is 1. The molecule has 4 aromatic heterocycles. The summed E-state index contributed by atoms with van der Waals surface area (Å²) in [5.41, 5.74) is 2.84. The third-order valence-corrected chi connectivity index (χ3v) is 4.55. The second kappa shape index (κ2) is 7.66. The maximum atomic E-state index is 11.9. The topological polar surface area (TPSA) is 126 Å². The lowest BCUT2D eigenvalue weighted by Crippen LogP contribution is -2.16. The lowest BCUT2D eigenvalue weighted by Gasteiger charge is -2.10. The zero-order valence-corrected chi connectivity index (χ0v) is 16.4. The van der Waals surface area contributed by atoms with Gasteiger partial charge in [0.1, 0.15) is 23.8 Å². The Bertz CT molecular complexity index is 1210. The van der Waals surface area contributed by atoms with Crippen molar-refractivity contribution in [2.45, 2.75) is 20.8 Å². The van der Waals surface area contributed by atoms with Crippen LogP contribution in [0.2, 0.25) is 0 Å². The van der Waals surface area contributed by atoms with Gasteiger partial charge in [0.05, 0.1) is 0 Å². The molecule has 29 heavy (non-hydrogen) atoms. The minimum absolute atomic E-state index is 0.131. The first-order valence-electron chi connectivity index (χ1n) is 9.20. The molecule has 3 N–H and O–H groups in total. The van der Waals surface area contributed by atoms with Crippen molar-refractivity contribution in [2.75, 3.05) is 23.7 Å². The van der Waals surface area contributed by atoms with Crippen molar-refractivity contribution >= 4 is 17.4 Å². The smallest absolute Gasteiger partial charge is 0.254 e. The van der Waals surface area contributed by atoms with Crippen LogP contribution in [0, 0.1) is 20.8 Å². The Kier molecular flexibility index (Phi) is 4.90. The van der Waals surface area contributed by atoms with Crippen LogP contribution >= 0.6 is 0 Å². The van der Waals surface area contributed by atoms with E-state index in [0.29, 0.717) is 35.9 Å². The number of hydrogen-bond donors (Lipinski definition) is 3. The van der Waals surface area contributed by atoms with E-state index in [4.69, 9.17) is 0 Å². The van der Waals surface area contributed by atoms with E-state index in [1.807, 2.05) is 32.0 Å². The van der Waals surface area contributed by atoms with Gasteiger partial charge in [-0.3, -0.25) is 4.79 Å². The molecule has 4 aromatic rings. The third-order valence-electron chi connectivity index (χ3n) is 4.55. The number of aryl methyl sites for hydroxylation is 2. The number of pyridine rings is 1. The van der Waals surface area contributed by atoms with E-state index in [-0.39, 0.29) is 5.56 Å². The van der Waals surface area contributed by atoms with Crippen molar-refractivity contribution in [2.24, 2.45) is 0 Å². The molecule has 0 radical (unpaired) electrons. The molecule has 0 aliphatic rings. The molecule has 0 unspecified atom stereocenters. The van der Waals surface area contributed by atoms with E-state index in [1.54, 1.807) is 17.6 Å². The maximum Gasteiger partial charge on any atom is 0.254 e. The van der Waals surface area contributed by atoms with E-state index < -0.39 is 0 Å². The van der Waals surface area contributed by atoms with Crippen molar-refractivity contribution in [3.8, 4) is 11.4 Å². The third kappa shape index (κ3) is 3.91. The number of aromatic amines is 1. The number of aromatic nitrogens is 7. The Balaban J connectivity index is 1.37. The number of nitrogens with zero attached hydrogens (tertiary/aromatic N) is 6. The summed E-state index contributed by atoms with van der Waals surface area (Å²) >= 11 is 0. The summed E-state index contributed by atoms with van der Waals surface area (Å²) in [6.45, 7) is 6.81. The Hall–Kier alpha value is -3.82. The van der Waals surface area contributed by atoms with Crippen LogP contribution in [-0.4, -0.2) is 47.6 Å². The summed E-state index contributed by atoms with van der Waals surface area (Å²) in [6, 6.07) is 5.66. The Morgan fingerprint density at radius 3 is 2.66 bits per heavy atom. The van der Waals surface area contributed by atoms with Crippen LogP contribution in [0.4, 0.5) is 11.6 Å². The second-order valence-electron chi connectivity index (χ2n) is 6.67. The minimum atomic E-state index is -0.131. The molecule has 4 rings (SSSR count). The van der Waals surface area contributed by atoms with Gasteiger partial charge in [-0.2, -0.15) is 14.6 Å². The van der Waals surface area contributed by atoms with E-state index >= 15 is 0 Å². The van der Waals surface area contributed by atoms with Gasteiger partial charge in [-0.25, -0.2) is 15.0 Å². The lowest BCUT2D eigenvalue weighted by molar-refractivity contribution is 0.914. The zero-order chi connectivity index (χ0) is 20.4. The largest absolute Gasteiger partial charge is 0.368 e. The summed E-state index contributed by atoms with van der Waals surface area (Å²) < 4.78 is 1.66. The molecule has 0 aromatic carbocycles. The van der Waals surface area contributed by atoms with E-state index in [1.165, 1.54) is 6.33 Å². The van der Waals surface area contributed by atoms with Crippen LogP contribution in [0.25, 0.3) is 17.2 Å². The second-order valence-corrected chi connectivity index (χ2v) is 6.67. The Morgan fingerprint density at radius 2 is 1.90 bits per heavy atom. The first kappa shape index (κ1) is 18.5. The van der Waals surface area contributed by atoms with Gasteiger partial charge in [0, 0.05) is 47.9 Å². The van der Waals surface area contributed by atoms with Gasteiger partial charge < -0.3 is 15.6 Å². The van der Waals surface area contributed by atoms with Crippen LogP contribution in [-0.2, 0) is 0 Å². The predicted molar refractivity (Wildman–Crippen MR) is 110 cm³/mol. The molecule has 0 spiro atoms. The molecule has 0 fully saturated rings. The average Bonchev–Trinajstić information content (AvgIpc) is 3.18. The summed E-state index contributed by atoms with van der Waals surface area (Å²) in [5, 5.41) is 10.7. The minimum Gasteiger partial charge on any atom is -0.368 e. The van der Waals surface area contributed by atoms with Gasteiger partial charge in [-0.15, -0.1) is 0 Å². The molecule has 0 saturated carbocycles. The predicted octanol–water partition coefficient (Wildman–Crippen LogP) is 1.72. The highest BCUT2D eigenvalue weighted by molar-refractivity contribution is 5.56. The maximum absolute atomic E-state index is 11.9. The molecule has 0 aliphatic heterocycles. The van der Waals surface area contributed by atoms with Gasteiger partial charge in [0.2, 0.25) is 0 Å².